The standard InChI is InChI=1S/C18H23ClF3N3O3S/c1-10(2)14(15-23-24-16(28-15)17(3,4)5)25-29(26,27)13-7-6-12(18(20,21)22)8-11(13)9-19/h6-8,10,14,25H,9H2,1-5H3. The van der Waals surface area contributed by atoms with Gasteiger partial charge >= 0.3 is 6.18 Å². The number of hydrogen-bond acceptors (Lipinski definition) is 5. The van der Waals surface area contributed by atoms with Crippen molar-refractivity contribution in [2.24, 2.45) is 5.92 Å². The molecule has 0 aliphatic carbocycles. The summed E-state index contributed by atoms with van der Waals surface area (Å²) in [6.07, 6.45) is -4.61. The second-order valence-electron chi connectivity index (χ2n) is 7.99. The van der Waals surface area contributed by atoms with Crippen LogP contribution in [0, 0.1) is 5.92 Å². The van der Waals surface area contributed by atoms with Crippen molar-refractivity contribution in [1.29, 1.82) is 0 Å². The third-order valence-corrected chi connectivity index (χ3v) is 5.95. The van der Waals surface area contributed by atoms with E-state index >= 15 is 0 Å². The quantitative estimate of drug-likeness (QED) is 0.635. The fraction of sp³-hybridized carbons (Fsp3) is 0.556. The van der Waals surface area contributed by atoms with E-state index in [1.807, 2.05) is 20.8 Å². The van der Waals surface area contributed by atoms with Crippen molar-refractivity contribution < 1.29 is 26.0 Å². The molecule has 1 aromatic carbocycles. The summed E-state index contributed by atoms with van der Waals surface area (Å²) in [5.74, 6) is -0.255. The van der Waals surface area contributed by atoms with Gasteiger partial charge in [0.15, 0.2) is 0 Å². The molecule has 1 heterocycles. The Kier molecular flexibility index (Phi) is 6.71. The molecule has 0 fully saturated rings. The van der Waals surface area contributed by atoms with Gasteiger partial charge in [-0.05, 0) is 29.7 Å². The molecule has 0 aliphatic heterocycles. The Morgan fingerprint density at radius 3 is 2.24 bits per heavy atom. The molecule has 11 heteroatoms. The highest BCUT2D eigenvalue weighted by atomic mass is 35.5. The zero-order chi connectivity index (χ0) is 22.2. The predicted molar refractivity (Wildman–Crippen MR) is 102 cm³/mol. The van der Waals surface area contributed by atoms with E-state index in [1.165, 1.54) is 0 Å². The smallest absolute Gasteiger partial charge is 0.416 e. The van der Waals surface area contributed by atoms with Gasteiger partial charge in [0.2, 0.25) is 21.8 Å². The molecule has 1 unspecified atom stereocenters. The Morgan fingerprint density at radius 2 is 1.79 bits per heavy atom. The minimum atomic E-state index is -4.61. The maximum atomic E-state index is 12.9. The molecule has 0 aliphatic rings. The highest BCUT2D eigenvalue weighted by Gasteiger charge is 2.34. The third kappa shape index (κ3) is 5.49. The van der Waals surface area contributed by atoms with Crippen LogP contribution in [0.25, 0.3) is 0 Å². The highest BCUT2D eigenvalue weighted by molar-refractivity contribution is 7.89. The normalized spacial score (nSPS) is 14.4. The number of aromatic nitrogens is 2. The first-order valence-corrected chi connectivity index (χ1v) is 10.8. The maximum Gasteiger partial charge on any atom is 0.416 e. The molecule has 0 radical (unpaired) electrons. The average molecular weight is 454 g/mol. The Morgan fingerprint density at radius 1 is 1.17 bits per heavy atom. The summed E-state index contributed by atoms with van der Waals surface area (Å²) in [5, 5.41) is 7.92. The number of sulfonamides is 1. The minimum Gasteiger partial charge on any atom is -0.423 e. The van der Waals surface area contributed by atoms with Crippen molar-refractivity contribution in [3.8, 4) is 0 Å². The van der Waals surface area contributed by atoms with E-state index in [1.54, 1.807) is 13.8 Å². The topological polar surface area (TPSA) is 85.1 Å². The van der Waals surface area contributed by atoms with Gasteiger partial charge in [-0.1, -0.05) is 34.6 Å². The van der Waals surface area contributed by atoms with Crippen LogP contribution in [-0.2, 0) is 27.5 Å². The van der Waals surface area contributed by atoms with E-state index in [0.717, 1.165) is 12.1 Å². The van der Waals surface area contributed by atoms with Crippen LogP contribution < -0.4 is 4.72 Å². The Hall–Kier alpha value is -1.65. The van der Waals surface area contributed by atoms with Gasteiger partial charge in [-0.25, -0.2) is 8.42 Å². The van der Waals surface area contributed by atoms with Crippen LogP contribution in [0.15, 0.2) is 27.5 Å². The van der Waals surface area contributed by atoms with E-state index in [-0.39, 0.29) is 22.3 Å². The fourth-order valence-electron chi connectivity index (χ4n) is 2.49. The lowest BCUT2D eigenvalue weighted by molar-refractivity contribution is -0.137. The monoisotopic (exact) mass is 453 g/mol. The number of rotatable bonds is 6. The van der Waals surface area contributed by atoms with Gasteiger partial charge in [0.1, 0.15) is 6.04 Å². The fourth-order valence-corrected chi connectivity index (χ4v) is 4.35. The van der Waals surface area contributed by atoms with Crippen LogP contribution >= 0.6 is 11.6 Å². The lowest BCUT2D eigenvalue weighted by Crippen LogP contribution is -2.32. The van der Waals surface area contributed by atoms with E-state index in [4.69, 9.17) is 16.0 Å². The van der Waals surface area contributed by atoms with Gasteiger partial charge in [0.25, 0.3) is 0 Å². The second kappa shape index (κ2) is 8.23. The van der Waals surface area contributed by atoms with Crippen molar-refractivity contribution in [2.75, 3.05) is 0 Å². The summed E-state index contributed by atoms with van der Waals surface area (Å²) in [5.41, 5.74) is -1.55. The molecule has 29 heavy (non-hydrogen) atoms. The molecule has 162 valence electrons. The van der Waals surface area contributed by atoms with Crippen molar-refractivity contribution in [2.45, 2.75) is 63.0 Å². The Balaban J connectivity index is 2.43. The SMILES string of the molecule is CC(C)C(NS(=O)(=O)c1ccc(C(F)(F)F)cc1CCl)c1nnc(C(C)(C)C)o1. The van der Waals surface area contributed by atoms with E-state index in [9.17, 15) is 21.6 Å². The molecular weight excluding hydrogens is 431 g/mol. The van der Waals surface area contributed by atoms with Gasteiger partial charge in [0, 0.05) is 11.3 Å². The number of hydrogen-bond donors (Lipinski definition) is 1. The molecule has 1 aromatic heterocycles. The van der Waals surface area contributed by atoms with Gasteiger partial charge in [-0.2, -0.15) is 17.9 Å². The van der Waals surface area contributed by atoms with Crippen LogP contribution in [-0.4, -0.2) is 18.6 Å². The van der Waals surface area contributed by atoms with Crippen LogP contribution in [0.3, 0.4) is 0 Å². The number of nitrogens with zero attached hydrogens (tertiary/aromatic N) is 2. The van der Waals surface area contributed by atoms with Crippen LogP contribution in [0.1, 0.15) is 63.6 Å². The Bertz CT molecular complexity index is 967. The predicted octanol–water partition coefficient (Wildman–Crippen LogP) is 4.80. The van der Waals surface area contributed by atoms with E-state index in [2.05, 4.69) is 14.9 Å². The summed E-state index contributed by atoms with van der Waals surface area (Å²) in [7, 11) is -4.21. The summed E-state index contributed by atoms with van der Waals surface area (Å²) >= 11 is 5.73. The molecule has 0 saturated carbocycles. The first kappa shape index (κ1) is 23.6. The molecule has 0 spiro atoms. The molecule has 0 saturated heterocycles. The van der Waals surface area contributed by atoms with E-state index in [0.29, 0.717) is 12.0 Å². The lowest BCUT2D eigenvalue weighted by Gasteiger charge is -2.20. The largest absolute Gasteiger partial charge is 0.423 e. The molecular formula is C18H23ClF3N3O3S. The minimum absolute atomic E-state index is 0.0767. The summed E-state index contributed by atoms with van der Waals surface area (Å²) in [6.45, 7) is 9.11. The van der Waals surface area contributed by atoms with Crippen molar-refractivity contribution >= 4 is 21.6 Å². The zero-order valence-electron chi connectivity index (χ0n) is 16.6. The van der Waals surface area contributed by atoms with Crippen molar-refractivity contribution in [3.63, 3.8) is 0 Å². The first-order chi connectivity index (χ1) is 13.2. The second-order valence-corrected chi connectivity index (χ2v) is 9.94. The summed E-state index contributed by atoms with van der Waals surface area (Å²) in [6, 6.07) is 1.47. The third-order valence-electron chi connectivity index (χ3n) is 4.12. The summed E-state index contributed by atoms with van der Waals surface area (Å²) in [4.78, 5) is -0.332. The zero-order valence-corrected chi connectivity index (χ0v) is 18.2. The molecule has 0 bridgehead atoms. The number of alkyl halides is 4. The van der Waals surface area contributed by atoms with Gasteiger partial charge in [-0.3, -0.25) is 0 Å². The van der Waals surface area contributed by atoms with Gasteiger partial charge < -0.3 is 4.42 Å². The molecule has 1 N–H and O–H groups in total. The molecule has 2 aromatic rings. The number of halogens is 4. The van der Waals surface area contributed by atoms with Gasteiger partial charge in [0.05, 0.1) is 10.5 Å². The molecule has 2 rings (SSSR count). The molecule has 1 atom stereocenters. The van der Waals surface area contributed by atoms with Crippen LogP contribution in [0.2, 0.25) is 0 Å². The maximum absolute atomic E-state index is 12.9. The first-order valence-electron chi connectivity index (χ1n) is 8.79. The van der Waals surface area contributed by atoms with E-state index < -0.39 is 39.1 Å². The number of nitrogens with one attached hydrogen (secondary N) is 1. The lowest BCUT2D eigenvalue weighted by atomic mass is 9.97. The average Bonchev–Trinajstić information content (AvgIpc) is 3.08. The summed E-state index contributed by atoms with van der Waals surface area (Å²) < 4.78 is 72.8. The van der Waals surface area contributed by atoms with Crippen molar-refractivity contribution in [1.82, 2.24) is 14.9 Å². The number of benzene rings is 1. The van der Waals surface area contributed by atoms with Crippen molar-refractivity contribution in [3.05, 3.63) is 41.1 Å². The molecule has 6 nitrogen and oxygen atoms in total. The highest BCUT2D eigenvalue weighted by Crippen LogP contribution is 2.33. The Labute approximate surface area is 172 Å². The van der Waals surface area contributed by atoms with Crippen LogP contribution in [0.5, 0.6) is 0 Å². The van der Waals surface area contributed by atoms with Gasteiger partial charge in [-0.15, -0.1) is 21.8 Å². The molecule has 0 amide bonds. The van der Waals surface area contributed by atoms with Crippen LogP contribution in [0.4, 0.5) is 13.2 Å².